The molecule has 0 aliphatic carbocycles. The van der Waals surface area contributed by atoms with Crippen molar-refractivity contribution in [3.05, 3.63) is 186 Å². The highest BCUT2D eigenvalue weighted by molar-refractivity contribution is 6.30. The lowest BCUT2D eigenvalue weighted by molar-refractivity contribution is 0.487. The molecule has 3 aromatic heterocycles. The first-order valence-corrected chi connectivity index (χ1v) is 21.2. The summed E-state index contributed by atoms with van der Waals surface area (Å²) in [6.07, 6.45) is 1.94. The Bertz CT molecular complexity index is 3330. The maximum Gasteiger partial charge on any atom is 0.154 e. The van der Waals surface area contributed by atoms with Gasteiger partial charge in [-0.05, 0) is 104 Å². The minimum absolute atomic E-state index is 0.0448. The van der Waals surface area contributed by atoms with Crippen LogP contribution in [0.15, 0.2) is 164 Å². The van der Waals surface area contributed by atoms with Gasteiger partial charge in [-0.3, -0.25) is 4.57 Å². The summed E-state index contributed by atoms with van der Waals surface area (Å²) < 4.78 is 12.0. The standard InChI is InChI=1S/C55H47N5O/c1-35-29-36(2)53(37(3)30-35)58-34-57(46-25-14-15-26-47(46)58)40-19-16-20-41(32-40)61-49-33-48-51(52-43-22-11-12-23-44(43)59(54(49)52)39-17-8-7-9-18-39)42-21-10-13-24-45(42)60(48)50-31-38(27-28-56-50)55(4,5)6/h7-33H,34H2,1-6H3. The molecule has 6 heteroatoms. The maximum atomic E-state index is 7.31. The van der Waals surface area contributed by atoms with Crippen LogP contribution in [0, 0.1) is 20.8 Å². The van der Waals surface area contributed by atoms with E-state index in [4.69, 9.17) is 9.72 Å². The molecule has 0 unspecified atom stereocenters. The van der Waals surface area contributed by atoms with E-state index in [0.717, 1.165) is 56.1 Å². The number of aromatic nitrogens is 3. The monoisotopic (exact) mass is 793 g/mol. The summed E-state index contributed by atoms with van der Waals surface area (Å²) in [5.74, 6) is 2.41. The molecule has 298 valence electrons. The summed E-state index contributed by atoms with van der Waals surface area (Å²) >= 11 is 0. The molecular formula is C55H47N5O. The van der Waals surface area contributed by atoms with Gasteiger partial charge in [-0.15, -0.1) is 0 Å². The third-order valence-electron chi connectivity index (χ3n) is 12.4. The Morgan fingerprint density at radius 2 is 1.16 bits per heavy atom. The van der Waals surface area contributed by atoms with Crippen LogP contribution in [-0.4, -0.2) is 20.8 Å². The molecule has 0 atom stereocenters. The fourth-order valence-corrected chi connectivity index (χ4v) is 9.82. The van der Waals surface area contributed by atoms with E-state index in [0.29, 0.717) is 6.67 Å². The lowest BCUT2D eigenvalue weighted by atomic mass is 9.88. The van der Waals surface area contributed by atoms with E-state index in [1.807, 2.05) is 6.20 Å². The number of nitrogens with zero attached hydrogens (tertiary/aromatic N) is 5. The topological polar surface area (TPSA) is 38.5 Å². The second kappa shape index (κ2) is 13.9. The number of anilines is 4. The van der Waals surface area contributed by atoms with Gasteiger partial charge in [0, 0.05) is 56.9 Å². The van der Waals surface area contributed by atoms with Gasteiger partial charge in [-0.1, -0.05) is 111 Å². The van der Waals surface area contributed by atoms with Crippen LogP contribution < -0.4 is 14.5 Å². The smallest absolute Gasteiger partial charge is 0.154 e. The van der Waals surface area contributed by atoms with Gasteiger partial charge in [-0.25, -0.2) is 4.98 Å². The normalized spacial score (nSPS) is 13.0. The predicted molar refractivity (Wildman–Crippen MR) is 254 cm³/mol. The number of rotatable bonds is 6. The first-order valence-electron chi connectivity index (χ1n) is 21.2. The average molecular weight is 794 g/mol. The Labute approximate surface area is 356 Å². The summed E-state index contributed by atoms with van der Waals surface area (Å²) in [4.78, 5) is 9.87. The van der Waals surface area contributed by atoms with Crippen molar-refractivity contribution in [3.63, 3.8) is 0 Å². The lowest BCUT2D eigenvalue weighted by Gasteiger charge is -2.25. The van der Waals surface area contributed by atoms with Crippen molar-refractivity contribution in [1.82, 2.24) is 14.1 Å². The van der Waals surface area contributed by atoms with Gasteiger partial charge in [0.05, 0.1) is 33.4 Å². The van der Waals surface area contributed by atoms with Crippen LogP contribution in [0.2, 0.25) is 0 Å². The third-order valence-corrected chi connectivity index (χ3v) is 12.4. The molecule has 61 heavy (non-hydrogen) atoms. The first kappa shape index (κ1) is 36.7. The van der Waals surface area contributed by atoms with Crippen molar-refractivity contribution < 1.29 is 4.74 Å². The number of ether oxygens (including phenoxy) is 1. The highest BCUT2D eigenvalue weighted by atomic mass is 16.5. The third kappa shape index (κ3) is 5.88. The number of para-hydroxylation sites is 5. The van der Waals surface area contributed by atoms with E-state index >= 15 is 0 Å². The largest absolute Gasteiger partial charge is 0.455 e. The van der Waals surface area contributed by atoms with Crippen LogP contribution in [0.25, 0.3) is 55.1 Å². The van der Waals surface area contributed by atoms with Crippen molar-refractivity contribution in [2.45, 2.75) is 47.0 Å². The van der Waals surface area contributed by atoms with Crippen molar-refractivity contribution in [2.24, 2.45) is 0 Å². The van der Waals surface area contributed by atoms with Crippen molar-refractivity contribution in [2.75, 3.05) is 16.5 Å². The molecule has 0 fully saturated rings. The van der Waals surface area contributed by atoms with Gasteiger partial charge in [-0.2, -0.15) is 0 Å². The second-order valence-electron chi connectivity index (χ2n) is 17.5. The molecule has 0 spiro atoms. The van der Waals surface area contributed by atoms with Gasteiger partial charge in [0.15, 0.2) is 5.75 Å². The number of hydrogen-bond acceptors (Lipinski definition) is 4. The molecular weight excluding hydrogens is 747 g/mol. The Hall–Kier alpha value is -7.31. The van der Waals surface area contributed by atoms with Crippen molar-refractivity contribution in [3.8, 4) is 23.0 Å². The van der Waals surface area contributed by atoms with Crippen LogP contribution in [0.4, 0.5) is 22.7 Å². The zero-order valence-electron chi connectivity index (χ0n) is 35.4. The highest BCUT2D eigenvalue weighted by Crippen LogP contribution is 2.49. The average Bonchev–Trinajstić information content (AvgIpc) is 3.92. The summed E-state index contributed by atoms with van der Waals surface area (Å²) in [5.41, 5.74) is 15.1. The molecule has 0 saturated carbocycles. The van der Waals surface area contributed by atoms with Gasteiger partial charge in [0.1, 0.15) is 18.2 Å². The van der Waals surface area contributed by atoms with Crippen LogP contribution in [0.1, 0.15) is 43.0 Å². The second-order valence-corrected chi connectivity index (χ2v) is 17.5. The Balaban J connectivity index is 1.14. The quantitative estimate of drug-likeness (QED) is 0.168. The fraction of sp³-hybridized carbons (Fsp3) is 0.145. The Morgan fingerprint density at radius 3 is 1.89 bits per heavy atom. The minimum Gasteiger partial charge on any atom is -0.455 e. The number of benzene rings is 7. The molecule has 0 N–H and O–H groups in total. The van der Waals surface area contributed by atoms with E-state index in [1.165, 1.54) is 55.5 Å². The zero-order valence-corrected chi connectivity index (χ0v) is 35.4. The number of hydrogen-bond donors (Lipinski definition) is 0. The van der Waals surface area contributed by atoms with E-state index < -0.39 is 0 Å². The van der Waals surface area contributed by atoms with E-state index in [2.05, 4.69) is 218 Å². The van der Waals surface area contributed by atoms with Crippen LogP contribution >= 0.6 is 0 Å². The number of aryl methyl sites for hydroxylation is 3. The van der Waals surface area contributed by atoms with E-state index in [-0.39, 0.29) is 5.41 Å². The summed E-state index contributed by atoms with van der Waals surface area (Å²) in [6.45, 7) is 14.1. The summed E-state index contributed by atoms with van der Waals surface area (Å²) in [5, 5.41) is 4.67. The minimum atomic E-state index is -0.0448. The number of fused-ring (bicyclic) bond motifs is 8. The maximum absolute atomic E-state index is 7.31. The molecule has 0 radical (unpaired) electrons. The Morgan fingerprint density at radius 1 is 0.541 bits per heavy atom. The van der Waals surface area contributed by atoms with Gasteiger partial charge >= 0.3 is 0 Å². The van der Waals surface area contributed by atoms with Crippen LogP contribution in [-0.2, 0) is 5.41 Å². The van der Waals surface area contributed by atoms with Crippen molar-refractivity contribution >= 4 is 66.4 Å². The molecule has 0 amide bonds. The molecule has 7 aromatic carbocycles. The van der Waals surface area contributed by atoms with Gasteiger partial charge in [0.2, 0.25) is 0 Å². The molecule has 11 rings (SSSR count). The van der Waals surface area contributed by atoms with Crippen LogP contribution in [0.3, 0.4) is 0 Å². The predicted octanol–water partition coefficient (Wildman–Crippen LogP) is 14.5. The van der Waals surface area contributed by atoms with Gasteiger partial charge < -0.3 is 19.1 Å². The molecule has 4 heterocycles. The van der Waals surface area contributed by atoms with E-state index in [1.54, 1.807) is 0 Å². The molecule has 0 saturated heterocycles. The molecule has 1 aliphatic rings. The molecule has 10 aromatic rings. The zero-order chi connectivity index (χ0) is 41.6. The molecule has 6 nitrogen and oxygen atoms in total. The Kier molecular flexibility index (Phi) is 8.36. The van der Waals surface area contributed by atoms with E-state index in [9.17, 15) is 0 Å². The highest BCUT2D eigenvalue weighted by Gasteiger charge is 2.30. The SMILES string of the molecule is Cc1cc(C)c(N2CN(c3cccc(Oc4cc5c(c6ccccc6n5-c5cc(C(C)(C)C)ccn5)c5c6ccccc6n(-c6ccccc6)c45)c3)c3ccccc32)c(C)c1. The fourth-order valence-electron chi connectivity index (χ4n) is 9.82. The summed E-state index contributed by atoms with van der Waals surface area (Å²) in [6, 6.07) is 56.6. The van der Waals surface area contributed by atoms with Crippen molar-refractivity contribution in [1.29, 1.82) is 0 Å². The van der Waals surface area contributed by atoms with Gasteiger partial charge in [0.25, 0.3) is 0 Å². The number of pyridine rings is 1. The molecule has 1 aliphatic heterocycles. The molecule has 0 bridgehead atoms. The summed E-state index contributed by atoms with van der Waals surface area (Å²) in [7, 11) is 0. The lowest BCUT2D eigenvalue weighted by Crippen LogP contribution is -2.25. The first-order chi connectivity index (χ1) is 29.6. The van der Waals surface area contributed by atoms with Crippen LogP contribution in [0.5, 0.6) is 11.5 Å².